The Morgan fingerprint density at radius 1 is 1.11 bits per heavy atom. The zero-order valence-electron chi connectivity index (χ0n) is 9.71. The van der Waals surface area contributed by atoms with Crippen molar-refractivity contribution < 1.29 is 13.9 Å². The second-order valence-corrected chi connectivity index (χ2v) is 5.46. The van der Waals surface area contributed by atoms with Crippen LogP contribution in [0, 0.1) is 11.6 Å². The highest BCUT2D eigenvalue weighted by molar-refractivity contribution is 9.10. The molecule has 0 fully saturated rings. The molecule has 0 spiro atoms. The van der Waals surface area contributed by atoms with Crippen LogP contribution in [-0.4, -0.2) is 5.11 Å². The van der Waals surface area contributed by atoms with Crippen LogP contribution in [0.1, 0.15) is 17.2 Å². The fourth-order valence-electron chi connectivity index (χ4n) is 1.77. The zero-order chi connectivity index (χ0) is 14.0. The zero-order valence-corrected chi connectivity index (χ0v) is 12.0. The van der Waals surface area contributed by atoms with Crippen molar-refractivity contribution in [3.8, 4) is 0 Å². The summed E-state index contributed by atoms with van der Waals surface area (Å²) < 4.78 is 27.3. The Bertz CT molecular complexity index is 604. The number of halogens is 4. The van der Waals surface area contributed by atoms with Gasteiger partial charge in [-0.25, -0.2) is 8.78 Å². The minimum Gasteiger partial charge on any atom is -0.388 e. The molecule has 0 aliphatic rings. The molecule has 0 bridgehead atoms. The molecule has 0 saturated heterocycles. The molecule has 0 heterocycles. The Hall–Kier alpha value is -0.970. The first-order valence-electron chi connectivity index (χ1n) is 5.54. The molecule has 2 rings (SSSR count). The van der Waals surface area contributed by atoms with Gasteiger partial charge in [0.1, 0.15) is 11.6 Å². The van der Waals surface area contributed by atoms with E-state index in [0.717, 1.165) is 0 Å². The highest BCUT2D eigenvalue weighted by Gasteiger charge is 2.14. The van der Waals surface area contributed by atoms with E-state index in [9.17, 15) is 13.9 Å². The van der Waals surface area contributed by atoms with Crippen LogP contribution >= 0.6 is 27.5 Å². The SMILES string of the molecule is OC(Cc1ccc(F)c(Cl)c1)c1ccc(Br)cc1F. The molecule has 5 heteroatoms. The fourth-order valence-corrected chi connectivity index (χ4v) is 2.31. The molecule has 0 aliphatic carbocycles. The number of rotatable bonds is 3. The summed E-state index contributed by atoms with van der Waals surface area (Å²) in [5, 5.41) is 10.0. The quantitative estimate of drug-likeness (QED) is 0.856. The van der Waals surface area contributed by atoms with Gasteiger partial charge >= 0.3 is 0 Å². The number of hydrogen-bond donors (Lipinski definition) is 1. The van der Waals surface area contributed by atoms with E-state index < -0.39 is 17.7 Å². The van der Waals surface area contributed by atoms with Crippen molar-refractivity contribution in [2.45, 2.75) is 12.5 Å². The smallest absolute Gasteiger partial charge is 0.141 e. The van der Waals surface area contributed by atoms with Crippen LogP contribution in [-0.2, 0) is 6.42 Å². The van der Waals surface area contributed by atoms with Crippen molar-refractivity contribution in [1.29, 1.82) is 0 Å². The van der Waals surface area contributed by atoms with Gasteiger partial charge in [0.2, 0.25) is 0 Å². The fraction of sp³-hybridized carbons (Fsp3) is 0.143. The normalized spacial score (nSPS) is 12.5. The Morgan fingerprint density at radius 3 is 2.47 bits per heavy atom. The molecule has 1 unspecified atom stereocenters. The Kier molecular flexibility index (Phi) is 4.55. The number of aliphatic hydroxyl groups excluding tert-OH is 1. The van der Waals surface area contributed by atoms with E-state index in [1.807, 2.05) is 0 Å². The van der Waals surface area contributed by atoms with Gasteiger partial charge in [0.25, 0.3) is 0 Å². The van der Waals surface area contributed by atoms with Crippen molar-refractivity contribution in [2.75, 3.05) is 0 Å². The molecule has 1 nitrogen and oxygen atoms in total. The molecule has 1 N–H and O–H groups in total. The van der Waals surface area contributed by atoms with Gasteiger partial charge in [-0.1, -0.05) is 39.7 Å². The second-order valence-electron chi connectivity index (χ2n) is 4.13. The average Bonchev–Trinajstić information content (AvgIpc) is 2.33. The molecule has 2 aromatic carbocycles. The second kappa shape index (κ2) is 5.99. The maximum atomic E-state index is 13.7. The Balaban J connectivity index is 2.20. The average molecular weight is 348 g/mol. The summed E-state index contributed by atoms with van der Waals surface area (Å²) in [4.78, 5) is 0. The minimum absolute atomic E-state index is 0.0130. The Labute approximate surface area is 123 Å². The first-order chi connectivity index (χ1) is 8.97. The van der Waals surface area contributed by atoms with Crippen molar-refractivity contribution in [1.82, 2.24) is 0 Å². The summed E-state index contributed by atoms with van der Waals surface area (Å²) in [7, 11) is 0. The van der Waals surface area contributed by atoms with Gasteiger partial charge in [-0.3, -0.25) is 0 Å². The first kappa shape index (κ1) is 14.4. The van der Waals surface area contributed by atoms with Gasteiger partial charge in [-0.05, 0) is 29.8 Å². The Morgan fingerprint density at radius 2 is 1.84 bits per heavy atom. The van der Waals surface area contributed by atoms with Gasteiger partial charge < -0.3 is 5.11 Å². The summed E-state index contributed by atoms with van der Waals surface area (Å²) in [6.45, 7) is 0. The summed E-state index contributed by atoms with van der Waals surface area (Å²) >= 11 is 8.81. The predicted molar refractivity (Wildman–Crippen MR) is 74.2 cm³/mol. The summed E-state index contributed by atoms with van der Waals surface area (Å²) in [5.74, 6) is -1.01. The third kappa shape index (κ3) is 3.53. The lowest BCUT2D eigenvalue weighted by molar-refractivity contribution is 0.173. The van der Waals surface area contributed by atoms with Crippen LogP contribution in [0.25, 0.3) is 0 Å². The first-order valence-corrected chi connectivity index (χ1v) is 6.71. The van der Waals surface area contributed by atoms with Gasteiger partial charge in [0.15, 0.2) is 0 Å². The van der Waals surface area contributed by atoms with Crippen LogP contribution in [0.3, 0.4) is 0 Å². The van der Waals surface area contributed by atoms with Crippen LogP contribution in [0.15, 0.2) is 40.9 Å². The van der Waals surface area contributed by atoms with E-state index in [1.165, 1.54) is 30.3 Å². The van der Waals surface area contributed by atoms with Crippen molar-refractivity contribution >= 4 is 27.5 Å². The van der Waals surface area contributed by atoms with E-state index >= 15 is 0 Å². The monoisotopic (exact) mass is 346 g/mol. The van der Waals surface area contributed by atoms with E-state index in [1.54, 1.807) is 6.07 Å². The van der Waals surface area contributed by atoms with E-state index in [2.05, 4.69) is 15.9 Å². The van der Waals surface area contributed by atoms with Crippen molar-refractivity contribution in [2.24, 2.45) is 0 Å². The van der Waals surface area contributed by atoms with E-state index in [4.69, 9.17) is 11.6 Å². The standard InChI is InChI=1S/C14H10BrClF2O/c15-9-2-3-10(13(18)7-9)14(19)6-8-1-4-12(17)11(16)5-8/h1-5,7,14,19H,6H2. The van der Waals surface area contributed by atoms with Gasteiger partial charge in [0, 0.05) is 16.5 Å². The lowest BCUT2D eigenvalue weighted by Gasteiger charge is -2.12. The maximum absolute atomic E-state index is 13.7. The molecule has 1 atom stereocenters. The van der Waals surface area contributed by atoms with Crippen LogP contribution in [0.2, 0.25) is 5.02 Å². The molecule has 0 aliphatic heterocycles. The molecule has 0 radical (unpaired) electrons. The van der Waals surface area contributed by atoms with Crippen LogP contribution in [0.4, 0.5) is 8.78 Å². The molecule has 100 valence electrons. The lowest BCUT2D eigenvalue weighted by atomic mass is 10.0. The maximum Gasteiger partial charge on any atom is 0.141 e. The highest BCUT2D eigenvalue weighted by atomic mass is 79.9. The predicted octanol–water partition coefficient (Wildman–Crippen LogP) is 4.66. The van der Waals surface area contributed by atoms with Crippen LogP contribution in [0.5, 0.6) is 0 Å². The number of hydrogen-bond acceptors (Lipinski definition) is 1. The van der Waals surface area contributed by atoms with E-state index in [-0.39, 0.29) is 17.0 Å². The number of benzene rings is 2. The van der Waals surface area contributed by atoms with Crippen molar-refractivity contribution in [3.05, 3.63) is 68.7 Å². The molecule has 19 heavy (non-hydrogen) atoms. The minimum atomic E-state index is -1.00. The molecular formula is C14H10BrClF2O. The summed E-state index contributed by atoms with van der Waals surface area (Å²) in [6, 6.07) is 8.62. The molecular weight excluding hydrogens is 338 g/mol. The third-order valence-corrected chi connectivity index (χ3v) is 3.52. The highest BCUT2D eigenvalue weighted by Crippen LogP contribution is 2.25. The van der Waals surface area contributed by atoms with Gasteiger partial charge in [-0.15, -0.1) is 0 Å². The molecule has 0 saturated carbocycles. The molecule has 0 amide bonds. The third-order valence-electron chi connectivity index (χ3n) is 2.73. The van der Waals surface area contributed by atoms with Gasteiger partial charge in [-0.2, -0.15) is 0 Å². The summed E-state index contributed by atoms with van der Waals surface area (Å²) in [6.07, 6.45) is -0.840. The van der Waals surface area contributed by atoms with Crippen LogP contribution < -0.4 is 0 Å². The van der Waals surface area contributed by atoms with E-state index in [0.29, 0.717) is 10.0 Å². The number of aliphatic hydroxyl groups is 1. The van der Waals surface area contributed by atoms with Crippen molar-refractivity contribution in [3.63, 3.8) is 0 Å². The lowest BCUT2D eigenvalue weighted by Crippen LogP contribution is -2.04. The molecule has 2 aromatic rings. The summed E-state index contributed by atoms with van der Waals surface area (Å²) in [5.41, 5.74) is 0.838. The largest absolute Gasteiger partial charge is 0.388 e. The topological polar surface area (TPSA) is 20.2 Å². The molecule has 0 aromatic heterocycles. The van der Waals surface area contributed by atoms with Gasteiger partial charge in [0.05, 0.1) is 11.1 Å².